The third-order valence-corrected chi connectivity index (χ3v) is 3.70. The summed E-state index contributed by atoms with van der Waals surface area (Å²) in [4.78, 5) is 18.6. The van der Waals surface area contributed by atoms with E-state index in [1.807, 2.05) is 43.1 Å². The second-order valence-electron chi connectivity index (χ2n) is 5.86. The van der Waals surface area contributed by atoms with Crippen LogP contribution in [0.15, 0.2) is 42.7 Å². The molecule has 0 aliphatic heterocycles. The lowest BCUT2D eigenvalue weighted by atomic mass is 10.2. The average Bonchev–Trinajstić information content (AvgIpc) is 2.98. The van der Waals surface area contributed by atoms with Crippen LogP contribution in [0.2, 0.25) is 0 Å². The Morgan fingerprint density at radius 3 is 2.70 bits per heavy atom. The molecule has 1 amide bonds. The van der Waals surface area contributed by atoms with Crippen molar-refractivity contribution in [2.45, 2.75) is 26.9 Å². The van der Waals surface area contributed by atoms with Crippen molar-refractivity contribution in [3.8, 4) is 0 Å². The van der Waals surface area contributed by atoms with Crippen molar-refractivity contribution in [1.29, 1.82) is 0 Å². The molecule has 23 heavy (non-hydrogen) atoms. The van der Waals surface area contributed by atoms with Crippen LogP contribution >= 0.6 is 0 Å². The van der Waals surface area contributed by atoms with Crippen LogP contribution in [0, 0.1) is 5.92 Å². The molecule has 124 valence electrons. The zero-order valence-electron chi connectivity index (χ0n) is 14.1. The summed E-state index contributed by atoms with van der Waals surface area (Å²) in [6.45, 7) is 6.19. The smallest absolute Gasteiger partial charge is 0.225 e. The van der Waals surface area contributed by atoms with Crippen molar-refractivity contribution < 1.29 is 9.53 Å². The number of benzene rings is 1. The Morgan fingerprint density at radius 2 is 2.04 bits per heavy atom. The van der Waals surface area contributed by atoms with E-state index < -0.39 is 0 Å². The van der Waals surface area contributed by atoms with Crippen LogP contribution in [0.25, 0.3) is 0 Å². The van der Waals surface area contributed by atoms with Crippen LogP contribution in [-0.2, 0) is 22.6 Å². The number of imidazole rings is 1. The Kier molecular flexibility index (Phi) is 6.35. The first-order chi connectivity index (χ1) is 11.1. The van der Waals surface area contributed by atoms with Gasteiger partial charge >= 0.3 is 0 Å². The van der Waals surface area contributed by atoms with Gasteiger partial charge in [0.2, 0.25) is 5.91 Å². The minimum absolute atomic E-state index is 0.0376. The van der Waals surface area contributed by atoms with E-state index >= 15 is 0 Å². The maximum atomic E-state index is 12.4. The highest BCUT2D eigenvalue weighted by molar-refractivity contribution is 5.78. The molecule has 1 heterocycles. The number of amides is 1. The van der Waals surface area contributed by atoms with Crippen molar-refractivity contribution in [3.63, 3.8) is 0 Å². The van der Waals surface area contributed by atoms with E-state index in [1.165, 1.54) is 5.56 Å². The zero-order chi connectivity index (χ0) is 16.7. The van der Waals surface area contributed by atoms with Gasteiger partial charge in [-0.1, -0.05) is 44.2 Å². The highest BCUT2D eigenvalue weighted by Crippen LogP contribution is 2.10. The van der Waals surface area contributed by atoms with Gasteiger partial charge in [0.05, 0.1) is 13.2 Å². The molecule has 0 spiro atoms. The molecule has 0 N–H and O–H groups in total. The molecule has 1 aromatic carbocycles. The number of hydrogen-bond acceptors (Lipinski definition) is 3. The number of ether oxygens (including phenoxy) is 1. The zero-order valence-corrected chi connectivity index (χ0v) is 14.1. The van der Waals surface area contributed by atoms with Gasteiger partial charge in [0.1, 0.15) is 5.82 Å². The lowest BCUT2D eigenvalue weighted by Gasteiger charge is -2.24. The van der Waals surface area contributed by atoms with Crippen molar-refractivity contribution in [2.75, 3.05) is 20.3 Å². The molecule has 0 bridgehead atoms. The number of nitrogens with zero attached hydrogens (tertiary/aromatic N) is 3. The predicted molar refractivity (Wildman–Crippen MR) is 89.9 cm³/mol. The van der Waals surface area contributed by atoms with E-state index in [4.69, 9.17) is 4.74 Å². The summed E-state index contributed by atoms with van der Waals surface area (Å²) >= 11 is 0. The summed E-state index contributed by atoms with van der Waals surface area (Å²) in [5.41, 5.74) is 1.21. The molecule has 0 unspecified atom stereocenters. The molecule has 1 aromatic heterocycles. The molecule has 0 aliphatic rings. The van der Waals surface area contributed by atoms with Gasteiger partial charge in [-0.25, -0.2) is 4.98 Å². The van der Waals surface area contributed by atoms with E-state index in [0.29, 0.717) is 19.7 Å². The van der Waals surface area contributed by atoms with Crippen molar-refractivity contribution in [3.05, 3.63) is 54.1 Å². The molecule has 0 saturated carbocycles. The first-order valence-electron chi connectivity index (χ1n) is 7.93. The molecule has 2 rings (SSSR count). The Balaban J connectivity index is 2.11. The Hall–Kier alpha value is -2.14. The molecule has 2 aromatic rings. The molecule has 5 nitrogen and oxygen atoms in total. The third-order valence-electron chi connectivity index (χ3n) is 3.70. The van der Waals surface area contributed by atoms with E-state index in [1.54, 1.807) is 13.3 Å². The van der Waals surface area contributed by atoms with E-state index in [0.717, 1.165) is 12.4 Å². The number of carbonyl (C=O) groups is 1. The maximum Gasteiger partial charge on any atom is 0.225 e. The van der Waals surface area contributed by atoms with Gasteiger partial charge in [0.25, 0.3) is 0 Å². The lowest BCUT2D eigenvalue weighted by molar-refractivity contribution is -0.135. The number of hydrogen-bond donors (Lipinski definition) is 0. The maximum absolute atomic E-state index is 12.4. The number of rotatable bonds is 8. The first kappa shape index (κ1) is 17.2. The van der Waals surface area contributed by atoms with Gasteiger partial charge in [-0.05, 0) is 5.56 Å². The van der Waals surface area contributed by atoms with E-state index in [9.17, 15) is 4.79 Å². The normalized spacial score (nSPS) is 11.0. The Labute approximate surface area is 137 Å². The fraction of sp³-hybridized carbons (Fsp3) is 0.444. The van der Waals surface area contributed by atoms with Gasteiger partial charge in [0, 0.05) is 38.5 Å². The van der Waals surface area contributed by atoms with Crippen molar-refractivity contribution >= 4 is 5.91 Å². The molecular formula is C18H25N3O2. The first-order valence-corrected chi connectivity index (χ1v) is 7.93. The Bertz CT molecular complexity index is 608. The van der Waals surface area contributed by atoms with Gasteiger partial charge < -0.3 is 14.2 Å². The summed E-state index contributed by atoms with van der Waals surface area (Å²) in [6.07, 6.45) is 3.74. The summed E-state index contributed by atoms with van der Waals surface area (Å²) in [5, 5.41) is 0. The Morgan fingerprint density at radius 1 is 1.30 bits per heavy atom. The van der Waals surface area contributed by atoms with Crippen LogP contribution in [0.4, 0.5) is 0 Å². The number of aromatic nitrogens is 2. The average molecular weight is 315 g/mol. The van der Waals surface area contributed by atoms with E-state index in [2.05, 4.69) is 21.7 Å². The largest absolute Gasteiger partial charge is 0.383 e. The highest BCUT2D eigenvalue weighted by atomic mass is 16.5. The quantitative estimate of drug-likeness (QED) is 0.752. The van der Waals surface area contributed by atoms with Gasteiger partial charge in [-0.2, -0.15) is 0 Å². The van der Waals surface area contributed by atoms with Gasteiger partial charge in [-0.3, -0.25) is 4.79 Å². The van der Waals surface area contributed by atoms with Crippen LogP contribution in [-0.4, -0.2) is 40.6 Å². The summed E-state index contributed by atoms with van der Waals surface area (Å²) < 4.78 is 7.21. The second kappa shape index (κ2) is 8.48. The SMILES string of the molecule is COCCN(Cc1nccn1Cc1ccccc1)C(=O)C(C)C. The lowest BCUT2D eigenvalue weighted by Crippen LogP contribution is -2.37. The molecule has 0 fully saturated rings. The molecule has 0 atom stereocenters. The predicted octanol–water partition coefficient (Wildman–Crippen LogP) is 2.56. The fourth-order valence-electron chi connectivity index (χ4n) is 2.42. The summed E-state index contributed by atoms with van der Waals surface area (Å²) in [7, 11) is 1.65. The van der Waals surface area contributed by atoms with Gasteiger partial charge in [0.15, 0.2) is 0 Å². The van der Waals surface area contributed by atoms with Crippen LogP contribution in [0.3, 0.4) is 0 Å². The van der Waals surface area contributed by atoms with Crippen molar-refractivity contribution in [1.82, 2.24) is 14.5 Å². The number of methoxy groups -OCH3 is 1. The summed E-state index contributed by atoms with van der Waals surface area (Å²) in [6, 6.07) is 10.2. The van der Waals surface area contributed by atoms with E-state index in [-0.39, 0.29) is 11.8 Å². The van der Waals surface area contributed by atoms with Crippen LogP contribution in [0.1, 0.15) is 25.2 Å². The summed E-state index contributed by atoms with van der Waals surface area (Å²) in [5.74, 6) is 0.972. The van der Waals surface area contributed by atoms with Crippen LogP contribution in [0.5, 0.6) is 0 Å². The monoisotopic (exact) mass is 315 g/mol. The molecular weight excluding hydrogens is 290 g/mol. The minimum Gasteiger partial charge on any atom is -0.383 e. The fourth-order valence-corrected chi connectivity index (χ4v) is 2.42. The molecule has 0 saturated heterocycles. The minimum atomic E-state index is -0.0376. The van der Waals surface area contributed by atoms with Crippen molar-refractivity contribution in [2.24, 2.45) is 5.92 Å². The molecule has 5 heteroatoms. The topological polar surface area (TPSA) is 47.4 Å². The third kappa shape index (κ3) is 4.93. The molecule has 0 radical (unpaired) electrons. The second-order valence-corrected chi connectivity index (χ2v) is 5.86. The van der Waals surface area contributed by atoms with Gasteiger partial charge in [-0.15, -0.1) is 0 Å². The highest BCUT2D eigenvalue weighted by Gasteiger charge is 2.19. The molecule has 0 aliphatic carbocycles. The van der Waals surface area contributed by atoms with Crippen LogP contribution < -0.4 is 0 Å². The standard InChI is InChI=1S/C18H25N3O2/c1-15(2)18(22)21(11-12-23-3)14-17-19-9-10-20(17)13-16-7-5-4-6-8-16/h4-10,15H,11-14H2,1-3H3. The number of carbonyl (C=O) groups excluding carboxylic acids is 1.